The Labute approximate surface area is 165 Å². The third-order valence-corrected chi connectivity index (χ3v) is 4.26. The molecule has 0 aliphatic carbocycles. The lowest BCUT2D eigenvalue weighted by Crippen LogP contribution is -2.29. The molecule has 30 heavy (non-hydrogen) atoms. The van der Waals surface area contributed by atoms with E-state index in [1.54, 1.807) is 6.92 Å². The first-order chi connectivity index (χ1) is 13.8. The van der Waals surface area contributed by atoms with Gasteiger partial charge in [-0.05, 0) is 25.1 Å². The minimum absolute atomic E-state index is 0.000236. The zero-order valence-electron chi connectivity index (χ0n) is 15.4. The summed E-state index contributed by atoms with van der Waals surface area (Å²) >= 11 is 0. The summed E-state index contributed by atoms with van der Waals surface area (Å²) in [5.74, 6) is -1.06. The average Bonchev–Trinajstić information content (AvgIpc) is 3.20. The van der Waals surface area contributed by atoms with Crippen LogP contribution in [0.2, 0.25) is 0 Å². The summed E-state index contributed by atoms with van der Waals surface area (Å²) in [5, 5.41) is 3.83. The van der Waals surface area contributed by atoms with Gasteiger partial charge >= 0.3 is 18.4 Å². The second-order valence-electron chi connectivity index (χ2n) is 6.25. The molecule has 160 valence electrons. The molecule has 0 bridgehead atoms. The molecular weight excluding hydrogens is 420 g/mol. The summed E-state index contributed by atoms with van der Waals surface area (Å²) in [4.78, 5) is 29.9. The Hall–Kier alpha value is -3.38. The van der Waals surface area contributed by atoms with E-state index in [0.717, 1.165) is 27.0 Å². The number of urea groups is 1. The third-order valence-electron chi connectivity index (χ3n) is 4.26. The standard InChI is InChI=1S/C17H13F6N5O2/c1-3-28-12(14(29)26(2)15(28)30)7-27-8-24-13(25-27)9-4-10(16(18,19)20)6-11(5-9)17(21,22)23/h4-8H,3H2,1-2H3/b12-7-. The number of benzene rings is 1. The van der Waals surface area contributed by atoms with Crippen LogP contribution in [-0.2, 0) is 17.1 Å². The second-order valence-corrected chi connectivity index (χ2v) is 6.25. The van der Waals surface area contributed by atoms with Crippen molar-refractivity contribution in [2.24, 2.45) is 0 Å². The van der Waals surface area contributed by atoms with E-state index in [9.17, 15) is 35.9 Å². The van der Waals surface area contributed by atoms with Crippen LogP contribution >= 0.6 is 0 Å². The molecule has 0 spiro atoms. The first kappa shape index (κ1) is 21.3. The molecule has 0 unspecified atom stereocenters. The van der Waals surface area contributed by atoms with Crippen LogP contribution in [0.25, 0.3) is 17.6 Å². The highest BCUT2D eigenvalue weighted by atomic mass is 19.4. The number of amides is 3. The normalized spacial score (nSPS) is 16.9. The number of hydrogen-bond donors (Lipinski definition) is 0. The van der Waals surface area contributed by atoms with E-state index in [-0.39, 0.29) is 18.3 Å². The van der Waals surface area contributed by atoms with E-state index in [4.69, 9.17) is 0 Å². The van der Waals surface area contributed by atoms with E-state index >= 15 is 0 Å². The van der Waals surface area contributed by atoms with Crippen molar-refractivity contribution < 1.29 is 35.9 Å². The van der Waals surface area contributed by atoms with Crippen molar-refractivity contribution >= 4 is 18.1 Å². The summed E-state index contributed by atoms with van der Waals surface area (Å²) in [5.41, 5.74) is -3.58. The van der Waals surface area contributed by atoms with E-state index in [0.29, 0.717) is 12.1 Å². The van der Waals surface area contributed by atoms with Crippen molar-refractivity contribution in [2.75, 3.05) is 13.6 Å². The maximum atomic E-state index is 13.0. The van der Waals surface area contributed by atoms with Crippen molar-refractivity contribution in [2.45, 2.75) is 19.3 Å². The van der Waals surface area contributed by atoms with Gasteiger partial charge in [-0.1, -0.05) is 0 Å². The molecule has 1 saturated heterocycles. The largest absolute Gasteiger partial charge is 0.416 e. The lowest BCUT2D eigenvalue weighted by Gasteiger charge is -2.13. The molecule has 1 fully saturated rings. The van der Waals surface area contributed by atoms with Gasteiger partial charge in [-0.2, -0.15) is 26.3 Å². The number of hydrogen-bond acceptors (Lipinski definition) is 4. The number of carbonyl (C=O) groups is 2. The van der Waals surface area contributed by atoms with E-state index < -0.39 is 46.8 Å². The van der Waals surface area contributed by atoms with Crippen LogP contribution in [0.4, 0.5) is 31.1 Å². The number of nitrogens with zero attached hydrogens (tertiary/aromatic N) is 5. The Balaban J connectivity index is 2.04. The number of aromatic nitrogens is 3. The Kier molecular flexibility index (Phi) is 5.08. The van der Waals surface area contributed by atoms with E-state index in [1.165, 1.54) is 7.05 Å². The van der Waals surface area contributed by atoms with Crippen LogP contribution in [0, 0.1) is 0 Å². The van der Waals surface area contributed by atoms with Gasteiger partial charge in [0, 0.05) is 19.2 Å². The fourth-order valence-electron chi connectivity index (χ4n) is 2.77. The van der Waals surface area contributed by atoms with Crippen molar-refractivity contribution in [3.63, 3.8) is 0 Å². The molecule has 0 radical (unpaired) electrons. The van der Waals surface area contributed by atoms with Crippen LogP contribution in [0.5, 0.6) is 0 Å². The Morgan fingerprint density at radius 2 is 1.57 bits per heavy atom. The van der Waals surface area contributed by atoms with Crippen LogP contribution in [0.15, 0.2) is 30.2 Å². The topological polar surface area (TPSA) is 71.3 Å². The molecular formula is C17H13F6N5O2. The molecule has 1 aliphatic rings. The highest BCUT2D eigenvalue weighted by molar-refractivity contribution is 6.12. The van der Waals surface area contributed by atoms with Crippen LogP contribution in [0.1, 0.15) is 18.1 Å². The zero-order chi connectivity index (χ0) is 22.4. The van der Waals surface area contributed by atoms with Gasteiger partial charge in [0.1, 0.15) is 12.0 Å². The van der Waals surface area contributed by atoms with Crippen LogP contribution in [-0.4, -0.2) is 50.1 Å². The maximum Gasteiger partial charge on any atom is 0.416 e. The summed E-state index contributed by atoms with van der Waals surface area (Å²) in [6, 6.07) is 0.415. The van der Waals surface area contributed by atoms with Gasteiger partial charge in [-0.3, -0.25) is 14.6 Å². The predicted molar refractivity (Wildman–Crippen MR) is 90.3 cm³/mol. The number of halogens is 6. The number of carbonyl (C=O) groups excluding carboxylic acids is 2. The second kappa shape index (κ2) is 7.15. The number of imide groups is 1. The monoisotopic (exact) mass is 433 g/mol. The smallest absolute Gasteiger partial charge is 0.288 e. The summed E-state index contributed by atoms with van der Waals surface area (Å²) < 4.78 is 79.1. The van der Waals surface area contributed by atoms with Crippen LogP contribution < -0.4 is 0 Å². The highest BCUT2D eigenvalue weighted by Crippen LogP contribution is 2.38. The average molecular weight is 433 g/mol. The number of alkyl halides is 6. The molecule has 13 heteroatoms. The van der Waals surface area contributed by atoms with E-state index in [1.807, 2.05) is 0 Å². The molecule has 1 aromatic carbocycles. The van der Waals surface area contributed by atoms with Crippen molar-refractivity contribution in [3.05, 3.63) is 41.4 Å². The van der Waals surface area contributed by atoms with Gasteiger partial charge in [0.25, 0.3) is 5.91 Å². The molecule has 3 amide bonds. The molecule has 7 nitrogen and oxygen atoms in total. The van der Waals surface area contributed by atoms with Gasteiger partial charge in [0.05, 0.1) is 17.3 Å². The quantitative estimate of drug-likeness (QED) is 0.421. The first-order valence-corrected chi connectivity index (χ1v) is 8.35. The fraction of sp³-hybridized carbons (Fsp3) is 0.294. The van der Waals surface area contributed by atoms with Gasteiger partial charge in [-0.25, -0.2) is 14.5 Å². The lowest BCUT2D eigenvalue weighted by atomic mass is 10.0. The lowest BCUT2D eigenvalue weighted by molar-refractivity contribution is -0.143. The predicted octanol–water partition coefficient (Wildman–Crippen LogP) is 3.70. The number of likely N-dealkylation sites (N-methyl/N-ethyl adjacent to an activating group) is 2. The third kappa shape index (κ3) is 3.86. The Morgan fingerprint density at radius 1 is 1.00 bits per heavy atom. The Morgan fingerprint density at radius 3 is 2.07 bits per heavy atom. The van der Waals surface area contributed by atoms with Gasteiger partial charge in [-0.15, -0.1) is 5.10 Å². The van der Waals surface area contributed by atoms with E-state index in [2.05, 4.69) is 10.1 Å². The van der Waals surface area contributed by atoms with Crippen molar-refractivity contribution in [3.8, 4) is 11.4 Å². The van der Waals surface area contributed by atoms with Crippen molar-refractivity contribution in [1.29, 1.82) is 0 Å². The Bertz CT molecular complexity index is 1010. The van der Waals surface area contributed by atoms with Gasteiger partial charge in [0.2, 0.25) is 0 Å². The molecule has 1 aliphatic heterocycles. The first-order valence-electron chi connectivity index (χ1n) is 8.35. The minimum atomic E-state index is -5.01. The molecule has 2 heterocycles. The molecule has 0 N–H and O–H groups in total. The van der Waals surface area contributed by atoms with Crippen LogP contribution in [0.3, 0.4) is 0 Å². The summed E-state index contributed by atoms with van der Waals surface area (Å²) in [6.07, 6.45) is -7.91. The molecule has 1 aromatic heterocycles. The highest BCUT2D eigenvalue weighted by Gasteiger charge is 2.38. The SMILES string of the molecule is CCN1C(=O)N(C)C(=O)/C1=C/n1cnc(-c2cc(C(F)(F)F)cc(C(F)(F)F)c2)n1. The number of rotatable bonds is 3. The molecule has 3 rings (SSSR count). The molecule has 0 atom stereocenters. The summed E-state index contributed by atoms with van der Waals surface area (Å²) in [7, 11) is 1.27. The minimum Gasteiger partial charge on any atom is -0.288 e. The van der Waals surface area contributed by atoms with Gasteiger partial charge in [0.15, 0.2) is 5.82 Å². The molecule has 0 saturated carbocycles. The fourth-order valence-corrected chi connectivity index (χ4v) is 2.77. The van der Waals surface area contributed by atoms with Crippen molar-refractivity contribution in [1.82, 2.24) is 24.6 Å². The zero-order valence-corrected chi connectivity index (χ0v) is 15.4. The van der Waals surface area contributed by atoms with Gasteiger partial charge < -0.3 is 0 Å². The maximum absolute atomic E-state index is 13.0. The molecule has 2 aromatic rings. The summed E-state index contributed by atoms with van der Waals surface area (Å²) in [6.45, 7) is 1.77.